The lowest BCUT2D eigenvalue weighted by Gasteiger charge is -2.23. The number of hydrogen-bond acceptors (Lipinski definition) is 2. The van der Waals surface area contributed by atoms with E-state index in [-0.39, 0.29) is 5.78 Å². The van der Waals surface area contributed by atoms with E-state index in [1.165, 1.54) is 19.3 Å². The molecule has 1 heterocycles. The van der Waals surface area contributed by atoms with Gasteiger partial charge in [-0.15, -0.1) is 0 Å². The summed E-state index contributed by atoms with van der Waals surface area (Å²) in [5, 5.41) is 0. The summed E-state index contributed by atoms with van der Waals surface area (Å²) in [6.07, 6.45) is 7.89. The number of rotatable bonds is 3. The molecule has 13 heavy (non-hydrogen) atoms. The predicted octanol–water partition coefficient (Wildman–Crippen LogP) is 1.79. The van der Waals surface area contributed by atoms with E-state index in [0.29, 0.717) is 18.0 Å². The molecule has 1 fully saturated rings. The third-order valence-corrected chi connectivity index (χ3v) is 2.69. The minimum Gasteiger partial charge on any atom is -0.340 e. The fourth-order valence-corrected chi connectivity index (χ4v) is 1.62. The van der Waals surface area contributed by atoms with E-state index >= 15 is 0 Å². The molecule has 3 heteroatoms. The highest BCUT2D eigenvalue weighted by molar-refractivity contribution is 5.94. The highest BCUT2D eigenvalue weighted by Crippen LogP contribution is 2.30. The highest BCUT2D eigenvalue weighted by Gasteiger charge is 2.22. The molecule has 0 spiro atoms. The largest absolute Gasteiger partial charge is 0.340 e. The zero-order valence-electron chi connectivity index (χ0n) is 7.86. The number of Topliss-reactive ketones (excluding diaryl/α,β-unsaturated/α-hetero) is 1. The minimum absolute atomic E-state index is 0.199. The standard InChI is InChI=1S/C10H14N2O/c1-12-6-9(11-7-12)10(13)5-8-3-2-4-8/h6-8H,2-5H2,1H3. The van der Waals surface area contributed by atoms with Crippen molar-refractivity contribution in [1.29, 1.82) is 0 Å². The van der Waals surface area contributed by atoms with Crippen molar-refractivity contribution in [3.63, 3.8) is 0 Å². The summed E-state index contributed by atoms with van der Waals surface area (Å²) in [5.74, 6) is 0.833. The SMILES string of the molecule is Cn1cnc(C(=O)CC2CCC2)c1. The maximum atomic E-state index is 11.6. The molecule has 0 saturated heterocycles. The van der Waals surface area contributed by atoms with Crippen molar-refractivity contribution < 1.29 is 4.79 Å². The molecular weight excluding hydrogens is 164 g/mol. The Balaban J connectivity index is 1.96. The summed E-state index contributed by atoms with van der Waals surface area (Å²) in [4.78, 5) is 15.6. The molecular formula is C10H14N2O. The fraction of sp³-hybridized carbons (Fsp3) is 0.600. The van der Waals surface area contributed by atoms with E-state index in [2.05, 4.69) is 4.98 Å². The number of imidazole rings is 1. The minimum atomic E-state index is 0.199. The molecule has 1 aromatic rings. The van der Waals surface area contributed by atoms with Crippen LogP contribution in [0.2, 0.25) is 0 Å². The van der Waals surface area contributed by atoms with Crippen LogP contribution in [-0.2, 0) is 7.05 Å². The van der Waals surface area contributed by atoms with Gasteiger partial charge >= 0.3 is 0 Å². The molecule has 0 bridgehead atoms. The first-order chi connectivity index (χ1) is 6.25. The van der Waals surface area contributed by atoms with Gasteiger partial charge < -0.3 is 4.57 Å². The van der Waals surface area contributed by atoms with E-state index in [1.807, 2.05) is 11.6 Å². The maximum Gasteiger partial charge on any atom is 0.183 e. The second kappa shape index (κ2) is 3.32. The number of hydrogen-bond donors (Lipinski definition) is 0. The molecule has 1 saturated carbocycles. The zero-order valence-corrected chi connectivity index (χ0v) is 7.86. The Bertz CT molecular complexity index is 312. The Morgan fingerprint density at radius 1 is 1.69 bits per heavy atom. The van der Waals surface area contributed by atoms with Crippen molar-refractivity contribution in [2.45, 2.75) is 25.7 Å². The topological polar surface area (TPSA) is 34.9 Å². The van der Waals surface area contributed by atoms with Gasteiger partial charge in [-0.3, -0.25) is 4.79 Å². The second-order valence-electron chi connectivity index (χ2n) is 3.85. The van der Waals surface area contributed by atoms with Crippen LogP contribution in [0.1, 0.15) is 36.2 Å². The highest BCUT2D eigenvalue weighted by atomic mass is 16.1. The first kappa shape index (κ1) is 8.48. The molecule has 0 radical (unpaired) electrons. The van der Waals surface area contributed by atoms with Crippen molar-refractivity contribution in [2.75, 3.05) is 0 Å². The third-order valence-electron chi connectivity index (χ3n) is 2.69. The lowest BCUT2D eigenvalue weighted by molar-refractivity contribution is 0.0932. The third kappa shape index (κ3) is 1.79. The summed E-state index contributed by atoms with van der Waals surface area (Å²) in [6, 6.07) is 0. The van der Waals surface area contributed by atoms with Gasteiger partial charge in [0.05, 0.1) is 6.33 Å². The van der Waals surface area contributed by atoms with Gasteiger partial charge in [0.2, 0.25) is 0 Å². The van der Waals surface area contributed by atoms with Crippen molar-refractivity contribution in [3.8, 4) is 0 Å². The fourth-order valence-electron chi connectivity index (χ4n) is 1.62. The number of nitrogens with zero attached hydrogens (tertiary/aromatic N) is 2. The Morgan fingerprint density at radius 3 is 2.92 bits per heavy atom. The molecule has 0 unspecified atom stereocenters. The monoisotopic (exact) mass is 178 g/mol. The van der Waals surface area contributed by atoms with Crippen LogP contribution >= 0.6 is 0 Å². The van der Waals surface area contributed by atoms with Crippen LogP contribution in [0.3, 0.4) is 0 Å². The molecule has 70 valence electrons. The molecule has 3 nitrogen and oxygen atoms in total. The van der Waals surface area contributed by atoms with Gasteiger partial charge in [0.15, 0.2) is 5.78 Å². The molecule has 0 N–H and O–H groups in total. The Hall–Kier alpha value is -1.12. The van der Waals surface area contributed by atoms with Crippen LogP contribution < -0.4 is 0 Å². The van der Waals surface area contributed by atoms with E-state index in [9.17, 15) is 4.79 Å². The van der Waals surface area contributed by atoms with Crippen LogP contribution in [0.4, 0.5) is 0 Å². The molecule has 1 aliphatic carbocycles. The van der Waals surface area contributed by atoms with Gasteiger partial charge in [-0.05, 0) is 5.92 Å². The summed E-state index contributed by atoms with van der Waals surface area (Å²) in [6.45, 7) is 0. The number of carbonyl (C=O) groups is 1. The number of aromatic nitrogens is 2. The Morgan fingerprint density at radius 2 is 2.46 bits per heavy atom. The van der Waals surface area contributed by atoms with Crippen LogP contribution in [0.5, 0.6) is 0 Å². The van der Waals surface area contributed by atoms with Gasteiger partial charge in [0, 0.05) is 19.7 Å². The first-order valence-corrected chi connectivity index (χ1v) is 4.77. The lowest BCUT2D eigenvalue weighted by Crippen LogP contribution is -2.16. The Kier molecular flexibility index (Phi) is 2.17. The summed E-state index contributed by atoms with van der Waals surface area (Å²) >= 11 is 0. The smallest absolute Gasteiger partial charge is 0.183 e. The van der Waals surface area contributed by atoms with Crippen molar-refractivity contribution in [3.05, 3.63) is 18.2 Å². The van der Waals surface area contributed by atoms with E-state index in [1.54, 1.807) is 12.5 Å². The average Bonchev–Trinajstić information content (AvgIpc) is 2.44. The average molecular weight is 178 g/mol. The van der Waals surface area contributed by atoms with Crippen LogP contribution in [0.15, 0.2) is 12.5 Å². The number of carbonyl (C=O) groups excluding carboxylic acids is 1. The van der Waals surface area contributed by atoms with Gasteiger partial charge in [0.1, 0.15) is 5.69 Å². The van der Waals surface area contributed by atoms with Crippen LogP contribution in [-0.4, -0.2) is 15.3 Å². The van der Waals surface area contributed by atoms with Gasteiger partial charge in [-0.2, -0.15) is 0 Å². The van der Waals surface area contributed by atoms with Crippen molar-refractivity contribution in [1.82, 2.24) is 9.55 Å². The molecule has 1 aliphatic rings. The van der Waals surface area contributed by atoms with Crippen LogP contribution in [0, 0.1) is 5.92 Å². The van der Waals surface area contributed by atoms with Crippen molar-refractivity contribution >= 4 is 5.78 Å². The second-order valence-corrected chi connectivity index (χ2v) is 3.85. The van der Waals surface area contributed by atoms with Crippen molar-refractivity contribution in [2.24, 2.45) is 13.0 Å². The molecule has 0 aromatic carbocycles. The summed E-state index contributed by atoms with van der Waals surface area (Å²) in [5.41, 5.74) is 0.620. The quantitative estimate of drug-likeness (QED) is 0.661. The molecule has 0 atom stereocenters. The van der Waals surface area contributed by atoms with E-state index in [4.69, 9.17) is 0 Å². The number of aryl methyl sites for hydroxylation is 1. The maximum absolute atomic E-state index is 11.6. The summed E-state index contributed by atoms with van der Waals surface area (Å²) < 4.78 is 1.81. The Labute approximate surface area is 77.8 Å². The van der Waals surface area contributed by atoms with Gasteiger partial charge in [-0.25, -0.2) is 4.98 Å². The molecule has 0 aliphatic heterocycles. The lowest BCUT2D eigenvalue weighted by atomic mass is 9.81. The van der Waals surface area contributed by atoms with E-state index < -0.39 is 0 Å². The molecule has 0 amide bonds. The molecule has 1 aromatic heterocycles. The zero-order chi connectivity index (χ0) is 9.26. The van der Waals surface area contributed by atoms with Crippen LogP contribution in [0.25, 0.3) is 0 Å². The number of ketones is 1. The van der Waals surface area contributed by atoms with Gasteiger partial charge in [-0.1, -0.05) is 19.3 Å². The summed E-state index contributed by atoms with van der Waals surface area (Å²) in [7, 11) is 1.88. The first-order valence-electron chi connectivity index (χ1n) is 4.77. The normalized spacial score (nSPS) is 17.0. The molecule has 2 rings (SSSR count). The predicted molar refractivity (Wildman–Crippen MR) is 49.5 cm³/mol. The van der Waals surface area contributed by atoms with Gasteiger partial charge in [0.25, 0.3) is 0 Å². The van der Waals surface area contributed by atoms with E-state index in [0.717, 1.165) is 0 Å².